The van der Waals surface area contributed by atoms with Crippen molar-refractivity contribution in [2.24, 2.45) is 0 Å². The average Bonchev–Trinajstić information content (AvgIpc) is 2.94. The lowest BCUT2D eigenvalue weighted by Gasteiger charge is -2.06. The van der Waals surface area contributed by atoms with Crippen LogP contribution >= 0.6 is 23.1 Å². The number of hydrogen-bond donors (Lipinski definition) is 0. The van der Waals surface area contributed by atoms with Crippen molar-refractivity contribution in [2.45, 2.75) is 6.61 Å². The highest BCUT2D eigenvalue weighted by Crippen LogP contribution is 2.27. The number of aromatic nitrogens is 2. The molecule has 4 nitrogen and oxygen atoms in total. The van der Waals surface area contributed by atoms with E-state index in [9.17, 15) is 4.79 Å². The van der Waals surface area contributed by atoms with Crippen molar-refractivity contribution >= 4 is 39.3 Å². The maximum Gasteiger partial charge on any atom is 0.342 e. The first kappa shape index (κ1) is 13.0. The van der Waals surface area contributed by atoms with Crippen LogP contribution in [0, 0.1) is 0 Å². The molecular weight excluding hydrogens is 296 g/mol. The van der Waals surface area contributed by atoms with Crippen molar-refractivity contribution in [3.05, 3.63) is 58.6 Å². The second kappa shape index (κ2) is 5.56. The van der Waals surface area contributed by atoms with Crippen LogP contribution in [0.2, 0.25) is 5.02 Å². The molecule has 100 valence electrons. The highest BCUT2D eigenvalue weighted by atomic mass is 35.5. The first-order valence-corrected chi connectivity index (χ1v) is 7.02. The van der Waals surface area contributed by atoms with Crippen LogP contribution in [-0.2, 0) is 11.3 Å². The van der Waals surface area contributed by atoms with Gasteiger partial charge in [-0.2, -0.15) is 0 Å². The third-order valence-corrected chi connectivity index (χ3v) is 3.79. The van der Waals surface area contributed by atoms with E-state index in [-0.39, 0.29) is 12.2 Å². The summed E-state index contributed by atoms with van der Waals surface area (Å²) in [6, 6.07) is 12.9. The van der Waals surface area contributed by atoms with Crippen LogP contribution in [0.5, 0.6) is 0 Å². The first-order valence-electron chi connectivity index (χ1n) is 5.87. The largest absolute Gasteiger partial charge is 0.457 e. The van der Waals surface area contributed by atoms with Crippen LogP contribution in [0.25, 0.3) is 10.2 Å². The van der Waals surface area contributed by atoms with Gasteiger partial charge in [0.1, 0.15) is 17.7 Å². The third-order valence-electron chi connectivity index (χ3n) is 2.79. The second-order valence-electron chi connectivity index (χ2n) is 4.10. The number of carbonyl (C=O) groups excluding carboxylic acids is 1. The molecular formula is C14H9ClN2O2S. The number of ether oxygens (including phenoxy) is 1. The highest BCUT2D eigenvalue weighted by Gasteiger charge is 2.18. The number of esters is 1. The lowest BCUT2D eigenvalue weighted by atomic mass is 10.2. The number of hydrogen-bond acceptors (Lipinski definition) is 5. The van der Waals surface area contributed by atoms with Gasteiger partial charge >= 0.3 is 5.97 Å². The molecule has 1 heterocycles. The average molecular weight is 305 g/mol. The molecule has 0 fully saturated rings. The molecule has 0 spiro atoms. The van der Waals surface area contributed by atoms with Gasteiger partial charge < -0.3 is 4.74 Å². The lowest BCUT2D eigenvalue weighted by Crippen LogP contribution is -2.07. The number of carbonyl (C=O) groups is 1. The van der Waals surface area contributed by atoms with Gasteiger partial charge in [0.05, 0.1) is 9.72 Å². The summed E-state index contributed by atoms with van der Waals surface area (Å²) in [6.07, 6.45) is 0. The molecule has 3 aromatic rings. The Morgan fingerprint density at radius 1 is 1.20 bits per heavy atom. The number of rotatable bonds is 3. The summed E-state index contributed by atoms with van der Waals surface area (Å²) >= 11 is 7.29. The van der Waals surface area contributed by atoms with Crippen LogP contribution in [0.15, 0.2) is 42.5 Å². The van der Waals surface area contributed by atoms with Crippen LogP contribution in [-0.4, -0.2) is 15.6 Å². The SMILES string of the molecule is O=C(OCc1ccccc1)c1c(Cl)ccc2snnc12. The van der Waals surface area contributed by atoms with Gasteiger partial charge in [-0.1, -0.05) is 46.4 Å². The van der Waals surface area contributed by atoms with Gasteiger partial charge in [0.15, 0.2) is 0 Å². The Labute approximate surface area is 124 Å². The molecule has 0 unspecified atom stereocenters. The zero-order valence-electron chi connectivity index (χ0n) is 10.2. The lowest BCUT2D eigenvalue weighted by molar-refractivity contribution is 0.0475. The van der Waals surface area contributed by atoms with Gasteiger partial charge in [0.25, 0.3) is 0 Å². The fourth-order valence-corrected chi connectivity index (χ4v) is 2.61. The quantitative estimate of drug-likeness (QED) is 0.692. The number of fused-ring (bicyclic) bond motifs is 1. The second-order valence-corrected chi connectivity index (χ2v) is 5.30. The highest BCUT2D eigenvalue weighted by molar-refractivity contribution is 7.13. The molecule has 6 heteroatoms. The van der Waals surface area contributed by atoms with Gasteiger partial charge in [-0.3, -0.25) is 0 Å². The van der Waals surface area contributed by atoms with E-state index in [4.69, 9.17) is 16.3 Å². The van der Waals surface area contributed by atoms with Crippen LogP contribution in [0.3, 0.4) is 0 Å². The van der Waals surface area contributed by atoms with Crippen molar-refractivity contribution in [1.29, 1.82) is 0 Å². The van der Waals surface area contributed by atoms with Gasteiger partial charge in [-0.05, 0) is 29.2 Å². The van der Waals surface area contributed by atoms with E-state index in [1.807, 2.05) is 30.3 Å². The molecule has 0 aliphatic heterocycles. The minimum absolute atomic E-state index is 0.198. The summed E-state index contributed by atoms with van der Waals surface area (Å²) in [7, 11) is 0. The summed E-state index contributed by atoms with van der Waals surface area (Å²) < 4.78 is 9.92. The van der Waals surface area contributed by atoms with Crippen molar-refractivity contribution < 1.29 is 9.53 Å². The molecule has 0 saturated carbocycles. The third kappa shape index (κ3) is 2.50. The van der Waals surface area contributed by atoms with Crippen molar-refractivity contribution in [3.8, 4) is 0 Å². The smallest absolute Gasteiger partial charge is 0.342 e. The van der Waals surface area contributed by atoms with E-state index >= 15 is 0 Å². The van der Waals surface area contributed by atoms with Gasteiger partial charge in [-0.25, -0.2) is 4.79 Å². The van der Waals surface area contributed by atoms with Gasteiger partial charge in [-0.15, -0.1) is 5.10 Å². The molecule has 0 radical (unpaired) electrons. The Morgan fingerprint density at radius 3 is 2.80 bits per heavy atom. The van der Waals surface area contributed by atoms with Crippen molar-refractivity contribution in [3.63, 3.8) is 0 Å². The number of benzene rings is 2. The first-order chi connectivity index (χ1) is 9.75. The number of nitrogens with zero attached hydrogens (tertiary/aromatic N) is 2. The minimum atomic E-state index is -0.489. The Kier molecular flexibility index (Phi) is 3.62. The summed E-state index contributed by atoms with van der Waals surface area (Å²) in [5.74, 6) is -0.489. The summed E-state index contributed by atoms with van der Waals surface area (Å²) in [5, 5.41) is 4.26. The van der Waals surface area contributed by atoms with Gasteiger partial charge in [0.2, 0.25) is 0 Å². The normalized spacial score (nSPS) is 10.7. The van der Waals surface area contributed by atoms with Crippen LogP contribution in [0.1, 0.15) is 15.9 Å². The monoisotopic (exact) mass is 304 g/mol. The zero-order chi connectivity index (χ0) is 13.9. The van der Waals surface area contributed by atoms with E-state index < -0.39 is 5.97 Å². The van der Waals surface area contributed by atoms with E-state index in [2.05, 4.69) is 9.59 Å². The van der Waals surface area contributed by atoms with Crippen molar-refractivity contribution in [1.82, 2.24) is 9.59 Å². The molecule has 0 bridgehead atoms. The Morgan fingerprint density at radius 2 is 2.00 bits per heavy atom. The molecule has 0 aliphatic carbocycles. The molecule has 20 heavy (non-hydrogen) atoms. The molecule has 0 saturated heterocycles. The Balaban J connectivity index is 1.85. The fourth-order valence-electron chi connectivity index (χ4n) is 1.82. The summed E-state index contributed by atoms with van der Waals surface area (Å²) in [5.41, 5.74) is 1.68. The predicted octanol–water partition coefficient (Wildman–Crippen LogP) is 3.70. The van der Waals surface area contributed by atoms with Crippen molar-refractivity contribution in [2.75, 3.05) is 0 Å². The Bertz CT molecular complexity index is 758. The fraction of sp³-hybridized carbons (Fsp3) is 0.0714. The van der Waals surface area contributed by atoms with E-state index in [0.29, 0.717) is 10.5 Å². The molecule has 3 rings (SSSR count). The zero-order valence-corrected chi connectivity index (χ0v) is 11.8. The van der Waals surface area contributed by atoms with Crippen LogP contribution < -0.4 is 0 Å². The predicted molar refractivity (Wildman–Crippen MR) is 78.0 cm³/mol. The maximum absolute atomic E-state index is 12.2. The molecule has 0 N–H and O–H groups in total. The molecule has 0 atom stereocenters. The Hall–Kier alpha value is -1.98. The standard InChI is InChI=1S/C14H9ClN2O2S/c15-10-6-7-11-13(16-17-20-11)12(10)14(18)19-8-9-4-2-1-3-5-9/h1-7H,8H2. The topological polar surface area (TPSA) is 52.1 Å². The van der Waals surface area contributed by atoms with E-state index in [1.165, 1.54) is 11.5 Å². The maximum atomic E-state index is 12.2. The minimum Gasteiger partial charge on any atom is -0.457 e. The molecule has 0 aliphatic rings. The van der Waals surface area contributed by atoms with E-state index in [1.54, 1.807) is 12.1 Å². The summed E-state index contributed by atoms with van der Waals surface area (Å²) in [6.45, 7) is 0.198. The van der Waals surface area contributed by atoms with Gasteiger partial charge in [0, 0.05) is 0 Å². The van der Waals surface area contributed by atoms with Crippen LogP contribution in [0.4, 0.5) is 0 Å². The molecule has 2 aromatic carbocycles. The molecule has 1 aromatic heterocycles. The number of halogens is 1. The molecule has 0 amide bonds. The van der Waals surface area contributed by atoms with E-state index in [0.717, 1.165) is 10.3 Å². The summed E-state index contributed by atoms with van der Waals surface area (Å²) in [4.78, 5) is 12.2.